The van der Waals surface area contributed by atoms with Gasteiger partial charge < -0.3 is 9.72 Å². The monoisotopic (exact) mass is 249 g/mol. The third-order valence-electron chi connectivity index (χ3n) is 2.12. The van der Waals surface area contributed by atoms with Gasteiger partial charge in [-0.2, -0.15) is 0 Å². The van der Waals surface area contributed by atoms with Crippen LogP contribution in [0.15, 0.2) is 12.5 Å². The van der Waals surface area contributed by atoms with E-state index < -0.39 is 16.4 Å². The first kappa shape index (κ1) is 14.4. The topological polar surface area (TPSA) is 98.1 Å². The molecular weight excluding hydrogens is 238 g/mol. The summed E-state index contributed by atoms with van der Waals surface area (Å²) in [5, 5.41) is 10.8. The minimum absolute atomic E-state index is 0. The number of nitrogens with zero attached hydrogens (tertiary/aromatic N) is 2. The van der Waals surface area contributed by atoms with Gasteiger partial charge in [-0.15, -0.1) is 12.4 Å². The van der Waals surface area contributed by atoms with Gasteiger partial charge in [0.05, 0.1) is 19.9 Å². The van der Waals surface area contributed by atoms with Gasteiger partial charge in [0.25, 0.3) is 0 Å². The van der Waals surface area contributed by atoms with Crippen molar-refractivity contribution in [2.45, 2.75) is 18.9 Å². The molecule has 0 aromatic carbocycles. The van der Waals surface area contributed by atoms with E-state index in [2.05, 4.69) is 14.7 Å². The molecule has 0 fully saturated rings. The average Bonchev–Trinajstić information content (AvgIpc) is 2.68. The molecule has 1 heterocycles. The molecule has 0 aliphatic carbocycles. The van der Waals surface area contributed by atoms with Crippen LogP contribution in [-0.2, 0) is 16.0 Å². The number of carbonyl (C=O) groups is 1. The molecule has 0 radical (unpaired) electrons. The van der Waals surface area contributed by atoms with E-state index in [1.54, 1.807) is 0 Å². The van der Waals surface area contributed by atoms with Crippen molar-refractivity contribution in [1.82, 2.24) is 9.97 Å². The van der Waals surface area contributed by atoms with Crippen molar-refractivity contribution in [2.24, 2.45) is 0 Å². The van der Waals surface area contributed by atoms with Gasteiger partial charge in [0.15, 0.2) is 0 Å². The summed E-state index contributed by atoms with van der Waals surface area (Å²) in [7, 11) is 1.12. The molecule has 1 atom stereocenters. The third kappa shape index (κ3) is 2.69. The maximum absolute atomic E-state index is 11.3. The Bertz CT molecular complexity index is 367. The highest BCUT2D eigenvalue weighted by Gasteiger charge is 2.47. The van der Waals surface area contributed by atoms with Crippen molar-refractivity contribution in [3.8, 4) is 0 Å². The molecule has 0 bridgehead atoms. The van der Waals surface area contributed by atoms with Crippen LogP contribution in [0.4, 0.5) is 0 Å². The van der Waals surface area contributed by atoms with Gasteiger partial charge >= 0.3 is 11.5 Å². The van der Waals surface area contributed by atoms with Crippen LogP contribution in [0.3, 0.4) is 0 Å². The van der Waals surface area contributed by atoms with Gasteiger partial charge in [0, 0.05) is 23.7 Å². The zero-order chi connectivity index (χ0) is 11.5. The number of aromatic nitrogens is 2. The Kier molecular flexibility index (Phi) is 4.90. The zero-order valence-corrected chi connectivity index (χ0v) is 9.61. The van der Waals surface area contributed by atoms with Crippen LogP contribution in [0.2, 0.25) is 0 Å². The minimum Gasteiger partial charge on any atom is -0.464 e. The number of esters is 1. The molecule has 0 spiro atoms. The molecular formula is C8H12ClN3O4. The number of aromatic amines is 1. The first-order valence-electron chi connectivity index (χ1n) is 4.21. The summed E-state index contributed by atoms with van der Waals surface area (Å²) in [6.45, 7) is 1.22. The number of nitro groups is 1. The van der Waals surface area contributed by atoms with Crippen LogP contribution in [0.5, 0.6) is 0 Å². The summed E-state index contributed by atoms with van der Waals surface area (Å²) >= 11 is 0. The third-order valence-corrected chi connectivity index (χ3v) is 2.12. The Morgan fingerprint density at radius 1 is 1.75 bits per heavy atom. The zero-order valence-electron chi connectivity index (χ0n) is 8.80. The SMILES string of the molecule is COC(=O)C(C)(Cc1cnc[nH]1)[N+](=O)[O-].Cl. The Morgan fingerprint density at radius 3 is 2.75 bits per heavy atom. The van der Waals surface area contributed by atoms with Gasteiger partial charge in [-0.1, -0.05) is 0 Å². The van der Waals surface area contributed by atoms with Crippen molar-refractivity contribution in [3.05, 3.63) is 28.3 Å². The van der Waals surface area contributed by atoms with Crippen LogP contribution in [0.25, 0.3) is 0 Å². The van der Waals surface area contributed by atoms with E-state index in [0.29, 0.717) is 5.69 Å². The summed E-state index contributed by atoms with van der Waals surface area (Å²) in [5.74, 6) is -0.873. The summed E-state index contributed by atoms with van der Waals surface area (Å²) < 4.78 is 4.41. The van der Waals surface area contributed by atoms with E-state index in [-0.39, 0.29) is 18.8 Å². The van der Waals surface area contributed by atoms with Crippen LogP contribution >= 0.6 is 12.4 Å². The van der Waals surface area contributed by atoms with E-state index in [1.807, 2.05) is 0 Å². The van der Waals surface area contributed by atoms with E-state index in [1.165, 1.54) is 19.4 Å². The molecule has 8 heteroatoms. The molecule has 16 heavy (non-hydrogen) atoms. The van der Waals surface area contributed by atoms with E-state index >= 15 is 0 Å². The number of hydrogen-bond acceptors (Lipinski definition) is 5. The van der Waals surface area contributed by atoms with Crippen molar-refractivity contribution in [2.75, 3.05) is 7.11 Å². The van der Waals surface area contributed by atoms with Crippen LogP contribution in [-0.4, -0.2) is 33.5 Å². The highest BCUT2D eigenvalue weighted by atomic mass is 35.5. The summed E-state index contributed by atoms with van der Waals surface area (Å²) in [4.78, 5) is 27.9. The molecule has 0 saturated heterocycles. The molecule has 1 aromatic heterocycles. The molecule has 1 rings (SSSR count). The van der Waals surface area contributed by atoms with Crippen LogP contribution in [0.1, 0.15) is 12.6 Å². The molecule has 1 aromatic rings. The second-order valence-corrected chi connectivity index (χ2v) is 3.28. The lowest BCUT2D eigenvalue weighted by Crippen LogP contribution is -2.46. The Labute approximate surface area is 97.8 Å². The van der Waals surface area contributed by atoms with Gasteiger partial charge in [-0.25, -0.2) is 9.78 Å². The molecule has 0 amide bonds. The fourth-order valence-corrected chi connectivity index (χ4v) is 1.18. The fraction of sp³-hybridized carbons (Fsp3) is 0.500. The second kappa shape index (κ2) is 5.45. The number of methoxy groups -OCH3 is 1. The number of nitrogens with one attached hydrogen (secondary N) is 1. The Hall–Kier alpha value is -1.63. The van der Waals surface area contributed by atoms with Crippen molar-refractivity contribution < 1.29 is 14.5 Å². The average molecular weight is 250 g/mol. The first-order valence-corrected chi connectivity index (χ1v) is 4.21. The molecule has 0 aliphatic rings. The highest BCUT2D eigenvalue weighted by molar-refractivity contribution is 5.85. The molecule has 0 saturated carbocycles. The van der Waals surface area contributed by atoms with E-state index in [9.17, 15) is 14.9 Å². The highest BCUT2D eigenvalue weighted by Crippen LogP contribution is 2.17. The van der Waals surface area contributed by atoms with Gasteiger partial charge in [-0.05, 0) is 0 Å². The lowest BCUT2D eigenvalue weighted by Gasteiger charge is -2.16. The first-order chi connectivity index (χ1) is 7.00. The maximum atomic E-state index is 11.3. The Morgan fingerprint density at radius 2 is 2.38 bits per heavy atom. The van der Waals surface area contributed by atoms with Crippen LogP contribution in [0, 0.1) is 10.1 Å². The van der Waals surface area contributed by atoms with Gasteiger partial charge in [-0.3, -0.25) is 10.1 Å². The number of carbonyl (C=O) groups excluding carboxylic acids is 1. The smallest absolute Gasteiger partial charge is 0.384 e. The number of imidazole rings is 1. The van der Waals surface area contributed by atoms with Gasteiger partial charge in [0.2, 0.25) is 0 Å². The number of H-pyrrole nitrogens is 1. The van der Waals surface area contributed by atoms with Crippen molar-refractivity contribution in [1.29, 1.82) is 0 Å². The molecule has 7 nitrogen and oxygen atoms in total. The summed E-state index contributed by atoms with van der Waals surface area (Å²) in [6, 6.07) is 0. The molecule has 1 N–H and O–H groups in total. The number of rotatable bonds is 4. The van der Waals surface area contributed by atoms with E-state index in [0.717, 1.165) is 7.11 Å². The molecule has 1 unspecified atom stereocenters. The van der Waals surface area contributed by atoms with Gasteiger partial charge in [0.1, 0.15) is 0 Å². The lowest BCUT2D eigenvalue weighted by atomic mass is 9.97. The number of hydrogen-bond donors (Lipinski definition) is 1. The lowest BCUT2D eigenvalue weighted by molar-refractivity contribution is -0.550. The predicted molar refractivity (Wildman–Crippen MR) is 57.0 cm³/mol. The fourth-order valence-electron chi connectivity index (χ4n) is 1.18. The predicted octanol–water partition coefficient (Wildman–Crippen LogP) is 0.582. The van der Waals surface area contributed by atoms with Crippen molar-refractivity contribution in [3.63, 3.8) is 0 Å². The number of halogens is 1. The molecule has 0 aliphatic heterocycles. The molecule has 90 valence electrons. The standard InChI is InChI=1S/C8H11N3O4.ClH/c1-8(11(13)14,7(12)15-2)3-6-4-9-5-10-6;/h4-5H,3H2,1-2H3,(H,9,10);1H. The second-order valence-electron chi connectivity index (χ2n) is 3.28. The van der Waals surface area contributed by atoms with Crippen LogP contribution < -0.4 is 0 Å². The Balaban J connectivity index is 0.00000225. The summed E-state index contributed by atoms with van der Waals surface area (Å²) in [5.41, 5.74) is -1.26. The largest absolute Gasteiger partial charge is 0.464 e. The normalized spacial score (nSPS) is 13.4. The van der Waals surface area contributed by atoms with Crippen molar-refractivity contribution >= 4 is 18.4 Å². The maximum Gasteiger partial charge on any atom is 0.384 e. The van der Waals surface area contributed by atoms with E-state index in [4.69, 9.17) is 0 Å². The number of ether oxygens (including phenoxy) is 1. The quantitative estimate of drug-likeness (QED) is 0.478. The minimum atomic E-state index is -1.78. The summed E-state index contributed by atoms with van der Waals surface area (Å²) in [6.07, 6.45) is 2.75.